The highest BCUT2D eigenvalue weighted by Gasteiger charge is 2.24. The summed E-state index contributed by atoms with van der Waals surface area (Å²) >= 11 is 1.53. The Hall–Kier alpha value is -2.48. The second kappa shape index (κ2) is 7.82. The molecule has 0 N–H and O–H groups in total. The van der Waals surface area contributed by atoms with E-state index in [4.69, 9.17) is 4.42 Å². The van der Waals surface area contributed by atoms with Crippen LogP contribution in [0.25, 0.3) is 0 Å². The van der Waals surface area contributed by atoms with Gasteiger partial charge in [0, 0.05) is 43.7 Å². The van der Waals surface area contributed by atoms with Crippen molar-refractivity contribution in [3.63, 3.8) is 0 Å². The van der Waals surface area contributed by atoms with Crippen LogP contribution in [0.3, 0.4) is 0 Å². The van der Waals surface area contributed by atoms with Crippen LogP contribution < -0.4 is 5.43 Å². The standard InChI is InChI=1S/C18H21N3O4S/c1-12-8-15(22)10-16(25-12)18(24)21-5-3-4-20(6-7-21)17(23)9-14-11-26-13(2)19-14/h8,10-11H,3-7,9H2,1-2H3. The maximum atomic E-state index is 12.6. The predicted molar refractivity (Wildman–Crippen MR) is 97.4 cm³/mol. The number of nitrogens with zero attached hydrogens (tertiary/aromatic N) is 3. The van der Waals surface area contributed by atoms with Crippen molar-refractivity contribution >= 4 is 23.2 Å². The van der Waals surface area contributed by atoms with Gasteiger partial charge in [0.25, 0.3) is 5.91 Å². The maximum absolute atomic E-state index is 12.6. The molecule has 26 heavy (non-hydrogen) atoms. The van der Waals surface area contributed by atoms with Crippen LogP contribution in [-0.2, 0) is 11.2 Å². The van der Waals surface area contributed by atoms with E-state index in [2.05, 4.69) is 4.98 Å². The lowest BCUT2D eigenvalue weighted by Crippen LogP contribution is -2.38. The van der Waals surface area contributed by atoms with Crippen LogP contribution in [-0.4, -0.2) is 52.8 Å². The molecule has 2 amide bonds. The fourth-order valence-corrected chi connectivity index (χ4v) is 3.60. The molecule has 2 aromatic heterocycles. The summed E-state index contributed by atoms with van der Waals surface area (Å²) in [6.45, 7) is 5.56. The van der Waals surface area contributed by atoms with Crippen LogP contribution in [0.15, 0.2) is 26.7 Å². The van der Waals surface area contributed by atoms with Crippen molar-refractivity contribution in [3.05, 3.63) is 50.0 Å². The van der Waals surface area contributed by atoms with Crippen molar-refractivity contribution in [1.82, 2.24) is 14.8 Å². The van der Waals surface area contributed by atoms with E-state index in [0.29, 0.717) is 38.4 Å². The Bertz CT molecular complexity index is 873. The van der Waals surface area contributed by atoms with Gasteiger partial charge in [-0.1, -0.05) is 0 Å². The first kappa shape index (κ1) is 18.3. The molecule has 0 radical (unpaired) electrons. The van der Waals surface area contributed by atoms with Crippen molar-refractivity contribution in [2.24, 2.45) is 0 Å². The van der Waals surface area contributed by atoms with E-state index in [-0.39, 0.29) is 29.4 Å². The molecule has 3 rings (SSSR count). The van der Waals surface area contributed by atoms with Gasteiger partial charge in [-0.15, -0.1) is 11.3 Å². The molecule has 1 saturated heterocycles. The van der Waals surface area contributed by atoms with E-state index < -0.39 is 0 Å². The van der Waals surface area contributed by atoms with Gasteiger partial charge >= 0.3 is 0 Å². The molecule has 7 nitrogen and oxygen atoms in total. The largest absolute Gasteiger partial charge is 0.456 e. The summed E-state index contributed by atoms with van der Waals surface area (Å²) in [7, 11) is 0. The van der Waals surface area contributed by atoms with Crippen LogP contribution >= 0.6 is 11.3 Å². The van der Waals surface area contributed by atoms with Gasteiger partial charge in [-0.25, -0.2) is 4.98 Å². The van der Waals surface area contributed by atoms with Gasteiger partial charge in [-0.2, -0.15) is 0 Å². The quantitative estimate of drug-likeness (QED) is 0.814. The summed E-state index contributed by atoms with van der Waals surface area (Å²) in [5.74, 6) is 0.167. The third kappa shape index (κ3) is 4.37. The van der Waals surface area contributed by atoms with Crippen LogP contribution in [0.4, 0.5) is 0 Å². The lowest BCUT2D eigenvalue weighted by atomic mass is 10.3. The highest BCUT2D eigenvalue weighted by atomic mass is 32.1. The number of amides is 2. The van der Waals surface area contributed by atoms with Crippen LogP contribution in [0.5, 0.6) is 0 Å². The van der Waals surface area contributed by atoms with Gasteiger partial charge in [-0.05, 0) is 20.3 Å². The summed E-state index contributed by atoms with van der Waals surface area (Å²) in [5, 5.41) is 2.85. The van der Waals surface area contributed by atoms with Gasteiger partial charge in [-0.3, -0.25) is 14.4 Å². The van der Waals surface area contributed by atoms with Crippen molar-refractivity contribution in [1.29, 1.82) is 0 Å². The minimum atomic E-state index is -0.310. The number of aryl methyl sites for hydroxylation is 2. The van der Waals surface area contributed by atoms with Gasteiger partial charge in [0.15, 0.2) is 11.2 Å². The first-order valence-corrected chi connectivity index (χ1v) is 9.40. The highest BCUT2D eigenvalue weighted by Crippen LogP contribution is 2.13. The monoisotopic (exact) mass is 375 g/mol. The molecule has 1 fully saturated rings. The molecular weight excluding hydrogens is 354 g/mol. The van der Waals surface area contributed by atoms with Gasteiger partial charge in [0.05, 0.1) is 17.1 Å². The third-order valence-corrected chi connectivity index (χ3v) is 5.06. The molecule has 138 valence electrons. The zero-order chi connectivity index (χ0) is 18.7. The summed E-state index contributed by atoms with van der Waals surface area (Å²) < 4.78 is 5.39. The lowest BCUT2D eigenvalue weighted by Gasteiger charge is -2.21. The van der Waals surface area contributed by atoms with Gasteiger partial charge in [0.1, 0.15) is 5.76 Å². The Kier molecular flexibility index (Phi) is 5.51. The normalized spacial score (nSPS) is 15.0. The highest BCUT2D eigenvalue weighted by molar-refractivity contribution is 7.09. The third-order valence-electron chi connectivity index (χ3n) is 4.24. The average molecular weight is 375 g/mol. The number of carbonyl (C=O) groups excluding carboxylic acids is 2. The lowest BCUT2D eigenvalue weighted by molar-refractivity contribution is -0.130. The van der Waals surface area contributed by atoms with Crippen molar-refractivity contribution in [2.75, 3.05) is 26.2 Å². The summed E-state index contributed by atoms with van der Waals surface area (Å²) in [4.78, 5) is 44.4. The molecule has 1 aliphatic heterocycles. The summed E-state index contributed by atoms with van der Waals surface area (Å²) in [5.41, 5.74) is 0.540. The fraction of sp³-hybridized carbons (Fsp3) is 0.444. The molecule has 0 spiro atoms. The number of rotatable bonds is 3. The average Bonchev–Trinajstić information content (AvgIpc) is 2.84. The van der Waals surface area contributed by atoms with E-state index in [1.165, 1.54) is 23.5 Å². The first-order valence-electron chi connectivity index (χ1n) is 8.52. The van der Waals surface area contributed by atoms with E-state index in [1.54, 1.807) is 16.7 Å². The molecule has 0 bridgehead atoms. The molecule has 0 unspecified atom stereocenters. The first-order chi connectivity index (χ1) is 12.4. The van der Waals surface area contributed by atoms with Crippen LogP contribution in [0.2, 0.25) is 0 Å². The Morgan fingerprint density at radius 2 is 1.88 bits per heavy atom. The minimum Gasteiger partial charge on any atom is -0.456 e. The second-order valence-electron chi connectivity index (χ2n) is 6.33. The summed E-state index contributed by atoms with van der Waals surface area (Å²) in [6.07, 6.45) is 0.967. The fourth-order valence-electron chi connectivity index (χ4n) is 2.99. The molecular formula is C18H21N3O4S. The number of aromatic nitrogens is 1. The van der Waals surface area contributed by atoms with Crippen molar-refractivity contribution in [2.45, 2.75) is 26.7 Å². The molecule has 1 aliphatic rings. The number of thiazole rings is 1. The molecule has 0 saturated carbocycles. The Balaban J connectivity index is 1.63. The molecule has 0 aromatic carbocycles. The molecule has 0 atom stereocenters. The molecule has 2 aromatic rings. The van der Waals surface area contributed by atoms with E-state index >= 15 is 0 Å². The zero-order valence-corrected chi connectivity index (χ0v) is 15.7. The van der Waals surface area contributed by atoms with Gasteiger partial charge in [0.2, 0.25) is 5.91 Å². The van der Waals surface area contributed by atoms with Gasteiger partial charge < -0.3 is 14.2 Å². The smallest absolute Gasteiger partial charge is 0.289 e. The maximum Gasteiger partial charge on any atom is 0.289 e. The molecule has 3 heterocycles. The molecule has 0 aliphatic carbocycles. The predicted octanol–water partition coefficient (Wildman–Crippen LogP) is 1.63. The minimum absolute atomic E-state index is 0.0201. The van der Waals surface area contributed by atoms with E-state index in [0.717, 1.165) is 10.7 Å². The Morgan fingerprint density at radius 1 is 1.15 bits per heavy atom. The summed E-state index contributed by atoms with van der Waals surface area (Å²) in [6, 6.07) is 2.56. The number of hydrogen-bond acceptors (Lipinski definition) is 6. The molecule has 8 heteroatoms. The van der Waals surface area contributed by atoms with Crippen LogP contribution in [0, 0.1) is 13.8 Å². The van der Waals surface area contributed by atoms with Crippen molar-refractivity contribution in [3.8, 4) is 0 Å². The number of hydrogen-bond donors (Lipinski definition) is 0. The SMILES string of the molecule is Cc1cc(=O)cc(C(=O)N2CCCN(C(=O)Cc3csc(C)n3)CC2)o1. The topological polar surface area (TPSA) is 83.7 Å². The van der Waals surface area contributed by atoms with E-state index in [9.17, 15) is 14.4 Å². The second-order valence-corrected chi connectivity index (χ2v) is 7.39. The Morgan fingerprint density at radius 3 is 2.58 bits per heavy atom. The van der Waals surface area contributed by atoms with Crippen molar-refractivity contribution < 1.29 is 14.0 Å². The number of carbonyl (C=O) groups is 2. The zero-order valence-electron chi connectivity index (χ0n) is 14.9. The van der Waals surface area contributed by atoms with E-state index in [1.807, 2.05) is 12.3 Å². The van der Waals surface area contributed by atoms with Crippen LogP contribution in [0.1, 0.15) is 33.4 Å². The Labute approximate surface area is 155 Å².